The Balaban J connectivity index is 2.83. The minimum Gasteiger partial charge on any atom is -0.311 e. The summed E-state index contributed by atoms with van der Waals surface area (Å²) in [6, 6.07) is 1.34. The Kier molecular flexibility index (Phi) is 5.67. The molecule has 18 heavy (non-hydrogen) atoms. The molecule has 2 nitrogen and oxygen atoms in total. The fourth-order valence-corrected chi connectivity index (χ4v) is 2.95. The molecule has 0 bridgehead atoms. The fourth-order valence-electron chi connectivity index (χ4n) is 2.95. The lowest BCUT2D eigenvalue weighted by Crippen LogP contribution is -2.65. The summed E-state index contributed by atoms with van der Waals surface area (Å²) in [5.74, 6) is 1.49. The summed E-state index contributed by atoms with van der Waals surface area (Å²) in [5, 5.41) is 3.79. The number of hydrogen-bond acceptors (Lipinski definition) is 2. The Morgan fingerprint density at radius 3 is 2.28 bits per heavy atom. The van der Waals surface area contributed by atoms with E-state index in [1.165, 1.54) is 19.4 Å². The summed E-state index contributed by atoms with van der Waals surface area (Å²) in [6.45, 7) is 18.9. The maximum Gasteiger partial charge on any atom is 0.0249 e. The Morgan fingerprint density at radius 1 is 1.22 bits per heavy atom. The molecule has 0 radical (unpaired) electrons. The van der Waals surface area contributed by atoms with Crippen LogP contribution in [0.25, 0.3) is 0 Å². The van der Waals surface area contributed by atoms with Gasteiger partial charge in [-0.1, -0.05) is 41.0 Å². The van der Waals surface area contributed by atoms with Crippen molar-refractivity contribution in [3.8, 4) is 0 Å². The van der Waals surface area contributed by atoms with E-state index in [2.05, 4.69) is 58.7 Å². The van der Waals surface area contributed by atoms with Crippen LogP contribution in [0.2, 0.25) is 0 Å². The van der Waals surface area contributed by atoms with Crippen LogP contribution in [-0.2, 0) is 0 Å². The van der Waals surface area contributed by atoms with Gasteiger partial charge in [-0.25, -0.2) is 0 Å². The van der Waals surface area contributed by atoms with Crippen LogP contribution in [0.15, 0.2) is 0 Å². The monoisotopic (exact) mass is 254 g/mol. The van der Waals surface area contributed by atoms with Crippen LogP contribution >= 0.6 is 0 Å². The van der Waals surface area contributed by atoms with Crippen LogP contribution in [0.3, 0.4) is 0 Å². The number of piperazine rings is 1. The van der Waals surface area contributed by atoms with Gasteiger partial charge in [0.1, 0.15) is 0 Å². The first-order chi connectivity index (χ1) is 8.33. The molecule has 1 aliphatic heterocycles. The zero-order valence-corrected chi connectivity index (χ0v) is 13.6. The second kappa shape index (κ2) is 6.38. The van der Waals surface area contributed by atoms with E-state index in [0.717, 1.165) is 18.4 Å². The van der Waals surface area contributed by atoms with Gasteiger partial charge in [-0.15, -0.1) is 0 Å². The van der Waals surface area contributed by atoms with Gasteiger partial charge in [0.05, 0.1) is 0 Å². The molecule has 0 aromatic rings. The van der Waals surface area contributed by atoms with E-state index in [-0.39, 0.29) is 0 Å². The van der Waals surface area contributed by atoms with Crippen molar-refractivity contribution < 1.29 is 0 Å². The summed E-state index contributed by atoms with van der Waals surface area (Å²) in [4.78, 5) is 2.77. The van der Waals surface area contributed by atoms with E-state index < -0.39 is 0 Å². The third-order valence-corrected chi connectivity index (χ3v) is 5.13. The standard InChI is InChI=1S/C16H34N2/c1-8-13(5)14-11-18(16(6,7)9-2)15(10-17-14)12(3)4/h12-15,17H,8-11H2,1-7H3. The quantitative estimate of drug-likeness (QED) is 0.807. The first-order valence-corrected chi connectivity index (χ1v) is 7.83. The van der Waals surface area contributed by atoms with E-state index in [0.29, 0.717) is 17.6 Å². The van der Waals surface area contributed by atoms with Crippen molar-refractivity contribution in [2.45, 2.75) is 78.9 Å². The molecule has 2 heteroatoms. The molecule has 1 heterocycles. The molecule has 0 aromatic heterocycles. The molecule has 0 saturated carbocycles. The third-order valence-electron chi connectivity index (χ3n) is 5.13. The SMILES string of the molecule is CCC(C)C1CN(C(C)(C)CC)C(C(C)C)CN1. The molecule has 1 fully saturated rings. The fraction of sp³-hybridized carbons (Fsp3) is 1.00. The van der Waals surface area contributed by atoms with Crippen molar-refractivity contribution in [3.05, 3.63) is 0 Å². The Bertz CT molecular complexity index is 247. The molecule has 3 unspecified atom stereocenters. The highest BCUT2D eigenvalue weighted by Gasteiger charge is 2.38. The normalized spacial score (nSPS) is 28.7. The van der Waals surface area contributed by atoms with Crippen LogP contribution in [-0.4, -0.2) is 35.6 Å². The average molecular weight is 254 g/mol. The lowest BCUT2D eigenvalue weighted by Gasteiger charge is -2.51. The Labute approximate surface area is 115 Å². The summed E-state index contributed by atoms with van der Waals surface area (Å²) in [5.41, 5.74) is 0.322. The minimum atomic E-state index is 0.322. The molecule has 0 aliphatic carbocycles. The van der Waals surface area contributed by atoms with Gasteiger partial charge in [-0.2, -0.15) is 0 Å². The molecule has 0 spiro atoms. The molecule has 1 saturated heterocycles. The minimum absolute atomic E-state index is 0.322. The van der Waals surface area contributed by atoms with Crippen molar-refractivity contribution in [1.29, 1.82) is 0 Å². The van der Waals surface area contributed by atoms with E-state index in [9.17, 15) is 0 Å². The third kappa shape index (κ3) is 3.48. The number of nitrogens with one attached hydrogen (secondary N) is 1. The summed E-state index contributed by atoms with van der Waals surface area (Å²) in [6.07, 6.45) is 2.49. The molecule has 0 aromatic carbocycles. The predicted molar refractivity (Wildman–Crippen MR) is 80.9 cm³/mol. The van der Waals surface area contributed by atoms with E-state index in [4.69, 9.17) is 0 Å². The predicted octanol–water partition coefficient (Wildman–Crippen LogP) is 3.52. The summed E-state index contributed by atoms with van der Waals surface area (Å²) in [7, 11) is 0. The number of rotatable bonds is 5. The van der Waals surface area contributed by atoms with Gasteiger partial charge in [0.15, 0.2) is 0 Å². The second-order valence-corrected chi connectivity index (χ2v) is 7.03. The van der Waals surface area contributed by atoms with Gasteiger partial charge in [-0.05, 0) is 32.1 Å². The van der Waals surface area contributed by atoms with Crippen molar-refractivity contribution in [1.82, 2.24) is 10.2 Å². The highest BCUT2D eigenvalue weighted by atomic mass is 15.3. The summed E-state index contributed by atoms with van der Waals surface area (Å²) < 4.78 is 0. The lowest BCUT2D eigenvalue weighted by atomic mass is 9.86. The van der Waals surface area contributed by atoms with E-state index in [1.807, 2.05) is 0 Å². The van der Waals surface area contributed by atoms with Gasteiger partial charge < -0.3 is 5.32 Å². The highest BCUT2D eigenvalue weighted by Crippen LogP contribution is 2.29. The zero-order valence-electron chi connectivity index (χ0n) is 13.6. The largest absolute Gasteiger partial charge is 0.311 e. The van der Waals surface area contributed by atoms with E-state index in [1.54, 1.807) is 0 Å². The average Bonchev–Trinajstić information content (AvgIpc) is 2.36. The molecule has 108 valence electrons. The molecule has 0 amide bonds. The van der Waals surface area contributed by atoms with Crippen molar-refractivity contribution >= 4 is 0 Å². The number of nitrogens with zero attached hydrogens (tertiary/aromatic N) is 1. The van der Waals surface area contributed by atoms with Gasteiger partial charge in [0, 0.05) is 30.7 Å². The van der Waals surface area contributed by atoms with Crippen LogP contribution in [0.1, 0.15) is 61.3 Å². The maximum atomic E-state index is 3.79. The van der Waals surface area contributed by atoms with Gasteiger partial charge in [0.2, 0.25) is 0 Å². The highest BCUT2D eigenvalue weighted by molar-refractivity contribution is 4.96. The van der Waals surface area contributed by atoms with Gasteiger partial charge in [-0.3, -0.25) is 4.90 Å². The zero-order chi connectivity index (χ0) is 13.9. The van der Waals surface area contributed by atoms with Crippen LogP contribution in [0.5, 0.6) is 0 Å². The van der Waals surface area contributed by atoms with Crippen LogP contribution in [0, 0.1) is 11.8 Å². The van der Waals surface area contributed by atoms with E-state index >= 15 is 0 Å². The molecule has 1 aliphatic rings. The second-order valence-electron chi connectivity index (χ2n) is 7.03. The molecule has 1 N–H and O–H groups in total. The first kappa shape index (κ1) is 16.0. The van der Waals surface area contributed by atoms with Gasteiger partial charge >= 0.3 is 0 Å². The van der Waals surface area contributed by atoms with Crippen LogP contribution in [0.4, 0.5) is 0 Å². The lowest BCUT2D eigenvalue weighted by molar-refractivity contribution is -0.000975. The maximum absolute atomic E-state index is 3.79. The van der Waals surface area contributed by atoms with Crippen molar-refractivity contribution in [3.63, 3.8) is 0 Å². The molecule has 1 rings (SSSR count). The van der Waals surface area contributed by atoms with Crippen molar-refractivity contribution in [2.24, 2.45) is 11.8 Å². The molecule has 3 atom stereocenters. The number of hydrogen-bond donors (Lipinski definition) is 1. The topological polar surface area (TPSA) is 15.3 Å². The van der Waals surface area contributed by atoms with Crippen molar-refractivity contribution in [2.75, 3.05) is 13.1 Å². The Morgan fingerprint density at radius 2 is 1.83 bits per heavy atom. The molecular formula is C16H34N2. The smallest absolute Gasteiger partial charge is 0.0249 e. The molecular weight excluding hydrogens is 220 g/mol. The Hall–Kier alpha value is -0.0800. The van der Waals surface area contributed by atoms with Gasteiger partial charge in [0.25, 0.3) is 0 Å². The van der Waals surface area contributed by atoms with Crippen LogP contribution < -0.4 is 5.32 Å². The first-order valence-electron chi connectivity index (χ1n) is 7.83. The summed E-state index contributed by atoms with van der Waals surface area (Å²) >= 11 is 0.